The molecule has 2 aromatic rings. The van der Waals surface area contributed by atoms with E-state index in [-0.39, 0.29) is 30.7 Å². The summed E-state index contributed by atoms with van der Waals surface area (Å²) in [5, 5.41) is 0.977. The van der Waals surface area contributed by atoms with Crippen molar-refractivity contribution in [2.45, 2.75) is 6.42 Å². The van der Waals surface area contributed by atoms with Crippen molar-refractivity contribution in [3.63, 3.8) is 0 Å². The fourth-order valence-electron chi connectivity index (χ4n) is 2.42. The molecule has 0 saturated carbocycles. The van der Waals surface area contributed by atoms with E-state index in [9.17, 15) is 4.79 Å². The third-order valence-corrected chi connectivity index (χ3v) is 3.48. The number of pyridine rings is 1. The number of nitrogens with one attached hydrogen (secondary N) is 3. The molecule has 2 heterocycles. The van der Waals surface area contributed by atoms with Gasteiger partial charge in [0.05, 0.1) is 13.5 Å². The number of carbonyl (C=O) groups excluding carboxylic acids is 1. The molecule has 0 aliphatic carbocycles. The van der Waals surface area contributed by atoms with Crippen molar-refractivity contribution in [2.75, 3.05) is 13.7 Å². The Balaban J connectivity index is 0.00000121. The number of rotatable bonds is 4. The Morgan fingerprint density at radius 2 is 2.05 bits per heavy atom. The van der Waals surface area contributed by atoms with Gasteiger partial charge in [0.25, 0.3) is 0 Å². The van der Waals surface area contributed by atoms with Gasteiger partial charge in [-0.05, 0) is 12.1 Å². The van der Waals surface area contributed by atoms with Gasteiger partial charge in [0, 0.05) is 18.2 Å². The van der Waals surface area contributed by atoms with Crippen LogP contribution in [-0.4, -0.2) is 19.6 Å². The average molecular weight is 342 g/mol. The normalized spacial score (nSPS) is 15.1. The SMILES string of the molecule is COc1ccc2c(c1)C(=O)N[NH+]2CCc1cccc[nH+]1.[Cl-].[Cl-]. The molecule has 1 aliphatic rings. The lowest BCUT2D eigenvalue weighted by Crippen LogP contribution is -3.13. The van der Waals surface area contributed by atoms with Crippen molar-refractivity contribution in [3.05, 3.63) is 53.9 Å². The molecule has 1 aliphatic heterocycles. The first-order valence-electron chi connectivity index (χ1n) is 6.59. The van der Waals surface area contributed by atoms with Gasteiger partial charge in [-0.15, -0.1) is 0 Å². The van der Waals surface area contributed by atoms with Crippen LogP contribution in [0, 0.1) is 0 Å². The van der Waals surface area contributed by atoms with Crippen LogP contribution in [-0.2, 0) is 6.42 Å². The number of methoxy groups -OCH3 is 1. The van der Waals surface area contributed by atoms with Crippen LogP contribution in [0.3, 0.4) is 0 Å². The van der Waals surface area contributed by atoms with Crippen LogP contribution in [0.1, 0.15) is 16.1 Å². The van der Waals surface area contributed by atoms with E-state index in [0.717, 1.165) is 29.4 Å². The second-order valence-corrected chi connectivity index (χ2v) is 4.73. The second-order valence-electron chi connectivity index (χ2n) is 4.73. The van der Waals surface area contributed by atoms with Crippen LogP contribution in [0.2, 0.25) is 0 Å². The molecule has 1 unspecified atom stereocenters. The standard InChI is InChI=1S/C15H15N3O2.2ClH/c1-20-12-5-6-14-13(10-12)15(19)17-18(14)9-7-11-4-2-3-8-16-11;;/h2-6,8,10H,7,9H2,1H3,(H,17,19);2*1H. The number of fused-ring (bicyclic) bond motifs is 1. The highest BCUT2D eigenvalue weighted by Crippen LogP contribution is 2.21. The number of H-pyrrole nitrogens is 1. The van der Waals surface area contributed by atoms with Crippen LogP contribution in [0.15, 0.2) is 42.6 Å². The number of quaternary nitrogens is 1. The van der Waals surface area contributed by atoms with E-state index in [1.54, 1.807) is 13.2 Å². The van der Waals surface area contributed by atoms with Crippen LogP contribution >= 0.6 is 0 Å². The third-order valence-electron chi connectivity index (χ3n) is 3.48. The predicted molar refractivity (Wildman–Crippen MR) is 72.7 cm³/mol. The first-order chi connectivity index (χ1) is 9.78. The lowest BCUT2D eigenvalue weighted by molar-refractivity contribution is -0.866. The van der Waals surface area contributed by atoms with Gasteiger partial charge in [0.2, 0.25) is 0 Å². The summed E-state index contributed by atoms with van der Waals surface area (Å²) in [6.45, 7) is 0.797. The summed E-state index contributed by atoms with van der Waals surface area (Å²) in [6, 6.07) is 11.6. The van der Waals surface area contributed by atoms with Crippen molar-refractivity contribution in [1.29, 1.82) is 0 Å². The quantitative estimate of drug-likeness (QED) is 0.581. The van der Waals surface area contributed by atoms with Crippen molar-refractivity contribution in [1.82, 2.24) is 5.43 Å². The van der Waals surface area contributed by atoms with Gasteiger partial charge in [0.1, 0.15) is 17.9 Å². The average Bonchev–Trinajstić information content (AvgIpc) is 2.82. The molecule has 3 rings (SSSR count). The fourth-order valence-corrected chi connectivity index (χ4v) is 2.42. The van der Waals surface area contributed by atoms with Crippen molar-refractivity contribution < 1.29 is 44.3 Å². The Bertz CT molecular complexity index is 638. The molecule has 0 bridgehead atoms. The molecule has 1 aromatic heterocycles. The summed E-state index contributed by atoms with van der Waals surface area (Å²) in [4.78, 5) is 15.2. The second kappa shape index (κ2) is 7.98. The lowest BCUT2D eigenvalue weighted by Gasteiger charge is -2.10. The highest BCUT2D eigenvalue weighted by Gasteiger charge is 2.32. The number of aromatic nitrogens is 1. The number of benzene rings is 1. The van der Waals surface area contributed by atoms with Gasteiger partial charge in [-0.25, -0.2) is 4.98 Å². The number of ether oxygens (including phenoxy) is 1. The Hall–Kier alpha value is -1.82. The molecular weight excluding hydrogens is 325 g/mol. The largest absolute Gasteiger partial charge is 1.00 e. The minimum atomic E-state index is -0.0501. The molecule has 22 heavy (non-hydrogen) atoms. The lowest BCUT2D eigenvalue weighted by atomic mass is 10.1. The van der Waals surface area contributed by atoms with E-state index in [1.165, 1.54) is 0 Å². The summed E-state index contributed by atoms with van der Waals surface area (Å²) in [6.07, 6.45) is 2.77. The van der Waals surface area contributed by atoms with Gasteiger partial charge in [-0.1, -0.05) is 6.07 Å². The zero-order chi connectivity index (χ0) is 13.9. The van der Waals surface area contributed by atoms with E-state index in [0.29, 0.717) is 11.3 Å². The highest BCUT2D eigenvalue weighted by molar-refractivity contribution is 5.99. The Labute approximate surface area is 141 Å². The molecule has 118 valence electrons. The maximum absolute atomic E-state index is 12.0. The monoisotopic (exact) mass is 341 g/mol. The molecule has 1 atom stereocenters. The first-order valence-corrected chi connectivity index (χ1v) is 6.59. The topological polar surface area (TPSA) is 56.9 Å². The molecule has 3 N–H and O–H groups in total. The summed E-state index contributed by atoms with van der Waals surface area (Å²) in [5.41, 5.74) is 5.77. The Kier molecular flexibility index (Phi) is 6.61. The smallest absolute Gasteiger partial charge is 0.302 e. The van der Waals surface area contributed by atoms with Crippen LogP contribution in [0.4, 0.5) is 5.69 Å². The van der Waals surface area contributed by atoms with Crippen molar-refractivity contribution in [2.24, 2.45) is 0 Å². The number of hydrogen-bond donors (Lipinski definition) is 2. The number of amides is 1. The number of halogens is 2. The zero-order valence-corrected chi connectivity index (χ0v) is 13.5. The van der Waals surface area contributed by atoms with E-state index in [2.05, 4.69) is 10.4 Å². The number of aromatic amines is 1. The van der Waals surface area contributed by atoms with Gasteiger partial charge in [-0.3, -0.25) is 4.79 Å². The Morgan fingerprint density at radius 3 is 2.73 bits per heavy atom. The molecule has 1 aromatic carbocycles. The molecule has 0 radical (unpaired) electrons. The highest BCUT2D eigenvalue weighted by atomic mass is 35.5. The van der Waals surface area contributed by atoms with Crippen molar-refractivity contribution in [3.8, 4) is 5.75 Å². The predicted octanol–water partition coefficient (Wildman–Crippen LogP) is -6.07. The van der Waals surface area contributed by atoms with Crippen LogP contribution < -0.4 is 45.0 Å². The van der Waals surface area contributed by atoms with Gasteiger partial charge in [-0.2, -0.15) is 10.4 Å². The molecule has 0 spiro atoms. The van der Waals surface area contributed by atoms with Crippen molar-refractivity contribution >= 4 is 11.6 Å². The molecule has 0 fully saturated rings. The van der Waals surface area contributed by atoms with E-state index < -0.39 is 0 Å². The number of carbonyl (C=O) groups is 1. The Morgan fingerprint density at radius 1 is 1.23 bits per heavy atom. The maximum atomic E-state index is 12.0. The molecule has 7 heteroatoms. The molecule has 5 nitrogen and oxygen atoms in total. The molecule has 0 saturated heterocycles. The zero-order valence-electron chi connectivity index (χ0n) is 12.0. The van der Waals surface area contributed by atoms with Crippen LogP contribution in [0.5, 0.6) is 5.75 Å². The molecule has 1 amide bonds. The summed E-state index contributed by atoms with van der Waals surface area (Å²) in [7, 11) is 1.60. The summed E-state index contributed by atoms with van der Waals surface area (Å²) < 4.78 is 5.16. The number of hydrogen-bond acceptors (Lipinski definition) is 2. The van der Waals surface area contributed by atoms with E-state index in [1.807, 2.05) is 36.5 Å². The fraction of sp³-hybridized carbons (Fsp3) is 0.200. The minimum Gasteiger partial charge on any atom is -1.00 e. The van der Waals surface area contributed by atoms with Gasteiger partial charge < -0.3 is 29.6 Å². The van der Waals surface area contributed by atoms with Gasteiger partial charge in [0.15, 0.2) is 17.6 Å². The van der Waals surface area contributed by atoms with E-state index >= 15 is 0 Å². The van der Waals surface area contributed by atoms with E-state index in [4.69, 9.17) is 4.74 Å². The van der Waals surface area contributed by atoms with Crippen LogP contribution in [0.25, 0.3) is 0 Å². The third kappa shape index (κ3) is 3.68. The first kappa shape index (κ1) is 18.2. The summed E-state index contributed by atoms with van der Waals surface area (Å²) in [5.74, 6) is 0.655. The maximum Gasteiger partial charge on any atom is 0.302 e. The minimum absolute atomic E-state index is 0. The van der Waals surface area contributed by atoms with Gasteiger partial charge >= 0.3 is 5.91 Å². The molecular formula is C15H17Cl2N3O2. The summed E-state index contributed by atoms with van der Waals surface area (Å²) >= 11 is 0.